The van der Waals surface area contributed by atoms with Crippen LogP contribution in [0.2, 0.25) is 0 Å². The zero-order valence-corrected chi connectivity index (χ0v) is 13.9. The fourth-order valence-corrected chi connectivity index (χ4v) is 2.21. The second-order valence-electron chi connectivity index (χ2n) is 4.61. The first-order valence-electron chi connectivity index (χ1n) is 6.95. The van der Waals surface area contributed by atoms with Crippen LogP contribution in [-0.4, -0.2) is 35.5 Å². The van der Waals surface area contributed by atoms with Gasteiger partial charge in [-0.05, 0) is 12.1 Å². The number of nitrogens with one attached hydrogen (secondary N) is 1. The number of hydrogen-bond donors (Lipinski definition) is 1. The van der Waals surface area contributed by atoms with Gasteiger partial charge in [-0.25, -0.2) is 0 Å². The molecule has 0 aromatic heterocycles. The molecule has 1 N–H and O–H groups in total. The molecule has 0 saturated heterocycles. The van der Waals surface area contributed by atoms with Gasteiger partial charge in [-0.1, -0.05) is 0 Å². The Hall–Kier alpha value is -2.76. The average molecular weight is 319 g/mol. The van der Waals surface area contributed by atoms with Gasteiger partial charge in [-0.3, -0.25) is 0 Å². The van der Waals surface area contributed by atoms with Crippen molar-refractivity contribution in [2.45, 2.75) is 0 Å². The minimum Gasteiger partial charge on any atom is -0.497 e. The lowest BCUT2D eigenvalue weighted by Crippen LogP contribution is -1.99. The molecule has 124 valence electrons. The molecule has 6 nitrogen and oxygen atoms in total. The van der Waals surface area contributed by atoms with Crippen molar-refractivity contribution in [2.75, 3.05) is 40.9 Å². The van der Waals surface area contributed by atoms with E-state index in [0.29, 0.717) is 23.0 Å². The van der Waals surface area contributed by atoms with Gasteiger partial charge in [-0.15, -0.1) is 0 Å². The number of benzene rings is 2. The normalized spacial score (nSPS) is 9.96. The van der Waals surface area contributed by atoms with Crippen molar-refractivity contribution in [2.24, 2.45) is 0 Å². The van der Waals surface area contributed by atoms with Crippen LogP contribution in [0.5, 0.6) is 28.7 Å². The molecule has 2 aromatic carbocycles. The Morgan fingerprint density at radius 3 is 1.74 bits per heavy atom. The molecule has 2 aromatic rings. The molecule has 0 amide bonds. The summed E-state index contributed by atoms with van der Waals surface area (Å²) in [4.78, 5) is 0. The Kier molecular flexibility index (Phi) is 5.41. The summed E-state index contributed by atoms with van der Waals surface area (Å²) in [7, 11) is 7.94. The van der Waals surface area contributed by atoms with Gasteiger partial charge in [0.05, 0.1) is 41.2 Å². The summed E-state index contributed by atoms with van der Waals surface area (Å²) in [6.45, 7) is 0. The van der Waals surface area contributed by atoms with E-state index in [4.69, 9.17) is 23.7 Å². The van der Waals surface area contributed by atoms with E-state index < -0.39 is 0 Å². The van der Waals surface area contributed by atoms with Crippen LogP contribution in [0.3, 0.4) is 0 Å². The highest BCUT2D eigenvalue weighted by atomic mass is 16.5. The minimum atomic E-state index is 0.544. The van der Waals surface area contributed by atoms with Gasteiger partial charge in [0.2, 0.25) is 5.75 Å². The lowest BCUT2D eigenvalue weighted by Gasteiger charge is -2.16. The van der Waals surface area contributed by atoms with Crippen molar-refractivity contribution in [1.29, 1.82) is 0 Å². The van der Waals surface area contributed by atoms with Crippen LogP contribution >= 0.6 is 0 Å². The van der Waals surface area contributed by atoms with Gasteiger partial charge in [-0.2, -0.15) is 0 Å². The molecule has 0 radical (unpaired) electrons. The Bertz CT molecular complexity index is 647. The maximum Gasteiger partial charge on any atom is 0.203 e. The van der Waals surface area contributed by atoms with Crippen LogP contribution in [0, 0.1) is 0 Å². The molecule has 0 aliphatic rings. The van der Waals surface area contributed by atoms with Crippen LogP contribution in [0.15, 0.2) is 30.3 Å². The summed E-state index contributed by atoms with van der Waals surface area (Å²) < 4.78 is 26.6. The van der Waals surface area contributed by atoms with Crippen LogP contribution in [0.25, 0.3) is 0 Å². The standard InChI is InChI=1S/C17H21NO5/c1-19-12-6-7-13(14(10-12)20-2)18-11-8-15(21-3)17(23-5)16(9-11)22-4/h6-10,18H,1-5H3. The second kappa shape index (κ2) is 7.49. The zero-order chi connectivity index (χ0) is 16.8. The number of hydrogen-bond acceptors (Lipinski definition) is 6. The van der Waals surface area contributed by atoms with Crippen LogP contribution in [0.4, 0.5) is 11.4 Å². The zero-order valence-electron chi connectivity index (χ0n) is 13.9. The monoisotopic (exact) mass is 319 g/mol. The highest BCUT2D eigenvalue weighted by Gasteiger charge is 2.14. The van der Waals surface area contributed by atoms with E-state index in [1.165, 1.54) is 0 Å². The topological polar surface area (TPSA) is 58.2 Å². The Labute approximate surface area is 135 Å². The molecule has 0 saturated carbocycles. The molecule has 0 atom stereocenters. The molecule has 0 aliphatic heterocycles. The average Bonchev–Trinajstić information content (AvgIpc) is 2.60. The van der Waals surface area contributed by atoms with Gasteiger partial charge in [0.15, 0.2) is 11.5 Å². The number of anilines is 2. The van der Waals surface area contributed by atoms with E-state index in [1.807, 2.05) is 24.3 Å². The molecule has 0 spiro atoms. The first kappa shape index (κ1) is 16.6. The van der Waals surface area contributed by atoms with E-state index in [9.17, 15) is 0 Å². The van der Waals surface area contributed by atoms with Gasteiger partial charge in [0, 0.05) is 23.9 Å². The minimum absolute atomic E-state index is 0.544. The molecule has 0 bridgehead atoms. The third kappa shape index (κ3) is 3.53. The Morgan fingerprint density at radius 2 is 1.26 bits per heavy atom. The van der Waals surface area contributed by atoms with E-state index in [-0.39, 0.29) is 0 Å². The summed E-state index contributed by atoms with van der Waals surface area (Å²) in [6, 6.07) is 9.18. The second-order valence-corrected chi connectivity index (χ2v) is 4.61. The third-order valence-electron chi connectivity index (χ3n) is 3.35. The Balaban J connectivity index is 2.40. The molecule has 2 rings (SSSR count). The van der Waals surface area contributed by atoms with Gasteiger partial charge in [0.1, 0.15) is 11.5 Å². The first-order valence-corrected chi connectivity index (χ1v) is 6.95. The number of methoxy groups -OCH3 is 5. The van der Waals surface area contributed by atoms with Crippen molar-refractivity contribution in [3.8, 4) is 28.7 Å². The van der Waals surface area contributed by atoms with Crippen molar-refractivity contribution in [1.82, 2.24) is 0 Å². The summed E-state index contributed by atoms with van der Waals surface area (Å²) in [5.74, 6) is 3.07. The summed E-state index contributed by atoms with van der Waals surface area (Å²) >= 11 is 0. The van der Waals surface area contributed by atoms with Gasteiger partial charge >= 0.3 is 0 Å². The van der Waals surface area contributed by atoms with Gasteiger partial charge in [0.25, 0.3) is 0 Å². The quantitative estimate of drug-likeness (QED) is 0.843. The summed E-state index contributed by atoms with van der Waals surface area (Å²) in [5, 5.41) is 3.28. The lowest BCUT2D eigenvalue weighted by molar-refractivity contribution is 0.324. The summed E-state index contributed by atoms with van der Waals surface area (Å²) in [5.41, 5.74) is 1.57. The number of rotatable bonds is 7. The largest absolute Gasteiger partial charge is 0.497 e. The van der Waals surface area contributed by atoms with Crippen molar-refractivity contribution < 1.29 is 23.7 Å². The maximum absolute atomic E-state index is 5.39. The van der Waals surface area contributed by atoms with E-state index in [2.05, 4.69) is 5.32 Å². The molecule has 23 heavy (non-hydrogen) atoms. The van der Waals surface area contributed by atoms with E-state index in [0.717, 1.165) is 17.1 Å². The molecule has 0 fully saturated rings. The van der Waals surface area contributed by atoms with Gasteiger partial charge < -0.3 is 29.0 Å². The third-order valence-corrected chi connectivity index (χ3v) is 3.35. The summed E-state index contributed by atoms with van der Waals surface area (Å²) in [6.07, 6.45) is 0. The van der Waals surface area contributed by atoms with Crippen molar-refractivity contribution in [3.63, 3.8) is 0 Å². The molecule has 0 heterocycles. The van der Waals surface area contributed by atoms with Crippen LogP contribution in [0.1, 0.15) is 0 Å². The number of ether oxygens (including phenoxy) is 5. The highest BCUT2D eigenvalue weighted by Crippen LogP contribution is 2.41. The predicted molar refractivity (Wildman–Crippen MR) is 88.9 cm³/mol. The molecular weight excluding hydrogens is 298 g/mol. The molecule has 6 heteroatoms. The predicted octanol–water partition coefficient (Wildman–Crippen LogP) is 3.47. The van der Waals surface area contributed by atoms with Crippen LogP contribution in [-0.2, 0) is 0 Å². The first-order chi connectivity index (χ1) is 11.2. The van der Waals surface area contributed by atoms with Crippen LogP contribution < -0.4 is 29.0 Å². The SMILES string of the molecule is COc1ccc(Nc2cc(OC)c(OC)c(OC)c2)c(OC)c1. The molecule has 0 unspecified atom stereocenters. The molecule has 0 aliphatic carbocycles. The van der Waals surface area contributed by atoms with Crippen molar-refractivity contribution >= 4 is 11.4 Å². The van der Waals surface area contributed by atoms with E-state index in [1.54, 1.807) is 41.6 Å². The fourth-order valence-electron chi connectivity index (χ4n) is 2.21. The van der Waals surface area contributed by atoms with Crippen molar-refractivity contribution in [3.05, 3.63) is 30.3 Å². The molecular formula is C17H21NO5. The smallest absolute Gasteiger partial charge is 0.203 e. The lowest BCUT2D eigenvalue weighted by atomic mass is 10.2. The maximum atomic E-state index is 5.39. The highest BCUT2D eigenvalue weighted by molar-refractivity contribution is 5.71. The van der Waals surface area contributed by atoms with E-state index >= 15 is 0 Å². The Morgan fingerprint density at radius 1 is 0.652 bits per heavy atom. The fraction of sp³-hybridized carbons (Fsp3) is 0.294.